The summed E-state index contributed by atoms with van der Waals surface area (Å²) in [6, 6.07) is 7.71. The molecule has 0 aliphatic carbocycles. The summed E-state index contributed by atoms with van der Waals surface area (Å²) >= 11 is 5.79. The van der Waals surface area contributed by atoms with Gasteiger partial charge in [-0.05, 0) is 69.5 Å². The normalized spacial score (nSPS) is 14.4. The highest BCUT2D eigenvalue weighted by atomic mass is 32.1. The molecule has 0 bridgehead atoms. The minimum absolute atomic E-state index is 0.0791. The van der Waals surface area contributed by atoms with Gasteiger partial charge in [-0.25, -0.2) is 0 Å². The van der Waals surface area contributed by atoms with Crippen molar-refractivity contribution >= 4 is 28.2 Å². The minimum Gasteiger partial charge on any atom is -0.494 e. The van der Waals surface area contributed by atoms with Crippen LogP contribution in [0.4, 0.5) is 0 Å². The number of fused-ring (bicyclic) bond motifs is 1. The van der Waals surface area contributed by atoms with Crippen molar-refractivity contribution in [2.75, 3.05) is 72.2 Å². The van der Waals surface area contributed by atoms with Crippen molar-refractivity contribution in [2.24, 2.45) is 0 Å². The molecular formula is C26H41N5O3S. The van der Waals surface area contributed by atoms with E-state index in [0.29, 0.717) is 23.8 Å². The molecule has 8 nitrogen and oxygen atoms in total. The largest absolute Gasteiger partial charge is 0.494 e. The predicted octanol–water partition coefficient (Wildman–Crippen LogP) is 2.67. The Morgan fingerprint density at radius 2 is 1.94 bits per heavy atom. The highest BCUT2D eigenvalue weighted by Gasteiger charge is 2.15. The first-order valence-corrected chi connectivity index (χ1v) is 13.3. The second kappa shape index (κ2) is 14.4. The van der Waals surface area contributed by atoms with E-state index in [9.17, 15) is 4.79 Å². The number of rotatable bonds is 13. The van der Waals surface area contributed by atoms with Gasteiger partial charge >= 0.3 is 0 Å². The van der Waals surface area contributed by atoms with Crippen LogP contribution in [0.5, 0.6) is 5.75 Å². The van der Waals surface area contributed by atoms with E-state index in [1.807, 2.05) is 31.2 Å². The van der Waals surface area contributed by atoms with Crippen LogP contribution >= 0.6 is 12.2 Å². The molecule has 2 N–H and O–H groups in total. The van der Waals surface area contributed by atoms with Gasteiger partial charge in [-0.2, -0.15) is 0 Å². The lowest BCUT2D eigenvalue weighted by molar-refractivity contribution is 0.0376. The third-order valence-electron chi connectivity index (χ3n) is 6.46. The number of nitrogens with zero attached hydrogens (tertiary/aromatic N) is 3. The number of nitrogens with one attached hydrogen (secondary N) is 2. The number of benzene rings is 1. The number of hydrogen-bond acceptors (Lipinski definition) is 6. The van der Waals surface area contributed by atoms with Crippen molar-refractivity contribution in [3.8, 4) is 5.75 Å². The third-order valence-corrected chi connectivity index (χ3v) is 6.87. The number of thiocarbonyl (C=S) groups is 1. The lowest BCUT2D eigenvalue weighted by Crippen LogP contribution is -2.45. The Kier molecular flexibility index (Phi) is 11.3. The first-order valence-electron chi connectivity index (χ1n) is 12.9. The van der Waals surface area contributed by atoms with E-state index in [0.717, 1.165) is 88.6 Å². The molecule has 0 unspecified atom stereocenters. The van der Waals surface area contributed by atoms with Crippen LogP contribution in [0, 0.1) is 0 Å². The molecule has 1 saturated heterocycles. The Balaban J connectivity index is 1.68. The summed E-state index contributed by atoms with van der Waals surface area (Å²) in [5.41, 5.74) is 1.42. The third kappa shape index (κ3) is 8.45. The molecule has 1 aliphatic heterocycles. The molecular weight excluding hydrogens is 462 g/mol. The molecule has 0 atom stereocenters. The van der Waals surface area contributed by atoms with Gasteiger partial charge < -0.3 is 29.6 Å². The van der Waals surface area contributed by atoms with Gasteiger partial charge in [0.1, 0.15) is 5.75 Å². The molecule has 0 amide bonds. The fourth-order valence-electron chi connectivity index (χ4n) is 4.30. The smallest absolute Gasteiger partial charge is 0.253 e. The number of morpholine rings is 1. The summed E-state index contributed by atoms with van der Waals surface area (Å²) in [6.45, 7) is 16.5. The summed E-state index contributed by atoms with van der Waals surface area (Å²) in [4.78, 5) is 22.8. The van der Waals surface area contributed by atoms with Crippen molar-refractivity contribution in [2.45, 2.75) is 33.7 Å². The molecule has 9 heteroatoms. The van der Waals surface area contributed by atoms with Crippen LogP contribution in [0.25, 0.3) is 10.9 Å². The van der Waals surface area contributed by atoms with Crippen LogP contribution in [0.1, 0.15) is 32.8 Å². The Morgan fingerprint density at radius 1 is 1.17 bits per heavy atom. The average Bonchev–Trinajstić information content (AvgIpc) is 2.87. The van der Waals surface area contributed by atoms with Crippen molar-refractivity contribution in [3.05, 3.63) is 40.2 Å². The number of H-pyrrole nitrogens is 1. The first kappa shape index (κ1) is 27.4. The van der Waals surface area contributed by atoms with Gasteiger partial charge in [0.2, 0.25) is 0 Å². The Hall–Kier alpha value is -2.20. The van der Waals surface area contributed by atoms with E-state index >= 15 is 0 Å². The van der Waals surface area contributed by atoms with Gasteiger partial charge in [-0.15, -0.1) is 0 Å². The fourth-order valence-corrected chi connectivity index (χ4v) is 4.56. The Bertz CT molecular complexity index is 989. The van der Waals surface area contributed by atoms with Crippen LogP contribution in [-0.4, -0.2) is 97.0 Å². The maximum absolute atomic E-state index is 12.9. The second-order valence-electron chi connectivity index (χ2n) is 8.79. The molecule has 35 heavy (non-hydrogen) atoms. The highest BCUT2D eigenvalue weighted by Crippen LogP contribution is 2.19. The molecule has 0 saturated carbocycles. The molecule has 1 aromatic carbocycles. The van der Waals surface area contributed by atoms with Gasteiger partial charge in [0.05, 0.1) is 26.4 Å². The summed E-state index contributed by atoms with van der Waals surface area (Å²) in [7, 11) is 0. The molecule has 2 heterocycles. The van der Waals surface area contributed by atoms with Gasteiger partial charge in [0.15, 0.2) is 5.11 Å². The Labute approximate surface area is 214 Å². The zero-order chi connectivity index (χ0) is 25.0. The van der Waals surface area contributed by atoms with Gasteiger partial charge in [-0.1, -0.05) is 13.8 Å². The monoisotopic (exact) mass is 503 g/mol. The van der Waals surface area contributed by atoms with Gasteiger partial charge in [0.25, 0.3) is 5.56 Å². The maximum Gasteiger partial charge on any atom is 0.253 e. The van der Waals surface area contributed by atoms with Crippen molar-refractivity contribution < 1.29 is 9.47 Å². The van der Waals surface area contributed by atoms with Crippen LogP contribution in [0.15, 0.2) is 29.1 Å². The van der Waals surface area contributed by atoms with E-state index < -0.39 is 0 Å². The van der Waals surface area contributed by atoms with Crippen LogP contribution in [-0.2, 0) is 11.3 Å². The number of likely N-dealkylation sites (N-methyl/N-ethyl adjacent to an activating group) is 1. The van der Waals surface area contributed by atoms with E-state index in [2.05, 4.69) is 38.8 Å². The molecule has 0 spiro atoms. The summed E-state index contributed by atoms with van der Waals surface area (Å²) in [5.74, 6) is 0.800. The SMILES string of the molecule is CCOc1ccc2[nH]c(=O)c(CN(CCN(CC)CC)C(=S)NCCCN3CCOCC3)cc2c1. The standard InChI is InChI=1S/C26H41N5O3S/c1-4-29(5-2)12-13-31(26(35)27-10-7-11-30-14-16-33-17-15-30)20-22-18-21-19-23(34-6-3)8-9-24(21)28-25(22)32/h8-9,18-19H,4-7,10-17,20H2,1-3H3,(H,27,35)(H,28,32). The quantitative estimate of drug-likeness (QED) is 0.319. The van der Waals surface area contributed by atoms with Crippen LogP contribution in [0.3, 0.4) is 0 Å². The second-order valence-corrected chi connectivity index (χ2v) is 9.18. The lowest BCUT2D eigenvalue weighted by atomic mass is 10.1. The van der Waals surface area contributed by atoms with E-state index in [-0.39, 0.29) is 5.56 Å². The molecule has 1 aromatic heterocycles. The summed E-state index contributed by atoms with van der Waals surface area (Å²) < 4.78 is 11.1. The van der Waals surface area contributed by atoms with Crippen molar-refractivity contribution in [3.63, 3.8) is 0 Å². The number of hydrogen-bond donors (Lipinski definition) is 2. The molecule has 3 rings (SSSR count). The lowest BCUT2D eigenvalue weighted by Gasteiger charge is -2.29. The zero-order valence-corrected chi connectivity index (χ0v) is 22.3. The fraction of sp³-hybridized carbons (Fsp3) is 0.615. The first-order chi connectivity index (χ1) is 17.0. The summed E-state index contributed by atoms with van der Waals surface area (Å²) in [6.07, 6.45) is 1.01. The minimum atomic E-state index is -0.0791. The van der Waals surface area contributed by atoms with E-state index in [1.54, 1.807) is 0 Å². The molecule has 1 aliphatic rings. The van der Waals surface area contributed by atoms with Crippen molar-refractivity contribution in [1.29, 1.82) is 0 Å². The van der Waals surface area contributed by atoms with E-state index in [1.165, 1.54) is 0 Å². The van der Waals surface area contributed by atoms with Crippen LogP contribution < -0.4 is 15.6 Å². The number of pyridine rings is 1. The Morgan fingerprint density at radius 3 is 2.66 bits per heavy atom. The number of aromatic amines is 1. The van der Waals surface area contributed by atoms with Crippen molar-refractivity contribution in [1.82, 2.24) is 25.0 Å². The van der Waals surface area contributed by atoms with Gasteiger partial charge in [0, 0.05) is 49.2 Å². The molecule has 0 radical (unpaired) electrons. The average molecular weight is 504 g/mol. The number of aromatic nitrogens is 1. The molecule has 2 aromatic rings. The highest BCUT2D eigenvalue weighted by molar-refractivity contribution is 7.80. The zero-order valence-electron chi connectivity index (χ0n) is 21.5. The van der Waals surface area contributed by atoms with Gasteiger partial charge in [-0.3, -0.25) is 9.69 Å². The maximum atomic E-state index is 12.9. The topological polar surface area (TPSA) is 73.1 Å². The summed E-state index contributed by atoms with van der Waals surface area (Å²) in [5, 5.41) is 5.09. The molecule has 194 valence electrons. The van der Waals surface area contributed by atoms with Crippen LogP contribution in [0.2, 0.25) is 0 Å². The van der Waals surface area contributed by atoms with E-state index in [4.69, 9.17) is 21.7 Å². The predicted molar refractivity (Wildman–Crippen MR) is 146 cm³/mol. The molecule has 1 fully saturated rings. The number of ether oxygens (including phenoxy) is 2.